The highest BCUT2D eigenvalue weighted by Crippen LogP contribution is 2.21. The summed E-state index contributed by atoms with van der Waals surface area (Å²) in [5.41, 5.74) is 0. The highest BCUT2D eigenvalue weighted by atomic mass is 32.2. The molecular formula is C9H13NO4S. The van der Waals surface area contributed by atoms with Gasteiger partial charge in [-0.2, -0.15) is 0 Å². The molecule has 0 aliphatic rings. The molecule has 0 saturated carbocycles. The van der Waals surface area contributed by atoms with Gasteiger partial charge in [0, 0.05) is 0 Å². The molecular weight excluding hydrogens is 218 g/mol. The standard InChI is InChI=1S/C9H13NO4S/c1-7(11)6-14-8-4-2-3-5-9(8)15(10,12)13/h2-5,7,11H,6H2,1H3,(H2,10,12,13). The zero-order valence-electron chi connectivity index (χ0n) is 8.25. The van der Waals surface area contributed by atoms with Gasteiger partial charge >= 0.3 is 0 Å². The molecule has 0 spiro atoms. The first-order valence-corrected chi connectivity index (χ1v) is 5.88. The summed E-state index contributed by atoms with van der Waals surface area (Å²) >= 11 is 0. The molecule has 1 unspecified atom stereocenters. The van der Waals surface area contributed by atoms with Crippen LogP contribution in [0.3, 0.4) is 0 Å². The number of sulfonamides is 1. The molecule has 0 saturated heterocycles. The summed E-state index contributed by atoms with van der Waals surface area (Å²) in [5.74, 6) is 0.154. The van der Waals surface area contributed by atoms with Crippen LogP contribution in [-0.2, 0) is 10.0 Å². The molecule has 6 heteroatoms. The Morgan fingerprint density at radius 1 is 1.47 bits per heavy atom. The predicted molar refractivity (Wildman–Crippen MR) is 55.0 cm³/mol. The van der Waals surface area contributed by atoms with Crippen molar-refractivity contribution in [2.45, 2.75) is 17.9 Å². The Bertz CT molecular complexity index is 427. The van der Waals surface area contributed by atoms with Crippen molar-refractivity contribution in [3.63, 3.8) is 0 Å². The van der Waals surface area contributed by atoms with Gasteiger partial charge in [-0.05, 0) is 19.1 Å². The molecule has 1 rings (SSSR count). The van der Waals surface area contributed by atoms with Crippen molar-refractivity contribution < 1.29 is 18.3 Å². The van der Waals surface area contributed by atoms with Crippen molar-refractivity contribution in [3.05, 3.63) is 24.3 Å². The third-order valence-corrected chi connectivity index (χ3v) is 2.59. The average molecular weight is 231 g/mol. The zero-order chi connectivity index (χ0) is 11.5. The molecule has 0 aliphatic carbocycles. The van der Waals surface area contributed by atoms with Gasteiger partial charge < -0.3 is 9.84 Å². The Balaban J connectivity index is 2.98. The van der Waals surface area contributed by atoms with Gasteiger partial charge in [0.25, 0.3) is 0 Å². The van der Waals surface area contributed by atoms with Gasteiger partial charge in [0.2, 0.25) is 10.0 Å². The van der Waals surface area contributed by atoms with Crippen LogP contribution in [0.5, 0.6) is 5.75 Å². The van der Waals surface area contributed by atoms with Crippen LogP contribution in [-0.4, -0.2) is 26.2 Å². The summed E-state index contributed by atoms with van der Waals surface area (Å²) in [6.45, 7) is 1.56. The second-order valence-corrected chi connectivity index (χ2v) is 4.68. The number of primary sulfonamides is 1. The summed E-state index contributed by atoms with van der Waals surface area (Å²) in [6.07, 6.45) is -0.668. The van der Waals surface area contributed by atoms with E-state index in [-0.39, 0.29) is 17.3 Å². The monoisotopic (exact) mass is 231 g/mol. The number of ether oxygens (including phenoxy) is 1. The Kier molecular flexibility index (Phi) is 3.67. The van der Waals surface area contributed by atoms with E-state index in [2.05, 4.69) is 0 Å². The van der Waals surface area contributed by atoms with Crippen LogP contribution in [0, 0.1) is 0 Å². The molecule has 0 heterocycles. The minimum atomic E-state index is -3.79. The van der Waals surface area contributed by atoms with Crippen LogP contribution >= 0.6 is 0 Å². The van der Waals surface area contributed by atoms with Gasteiger partial charge in [-0.3, -0.25) is 0 Å². The molecule has 15 heavy (non-hydrogen) atoms. The van der Waals surface area contributed by atoms with E-state index in [9.17, 15) is 8.42 Å². The van der Waals surface area contributed by atoms with E-state index in [0.717, 1.165) is 0 Å². The fourth-order valence-electron chi connectivity index (χ4n) is 1.01. The first-order chi connectivity index (χ1) is 6.91. The van der Waals surface area contributed by atoms with Crippen LogP contribution in [0.4, 0.5) is 0 Å². The number of aliphatic hydroxyl groups is 1. The first-order valence-electron chi connectivity index (χ1n) is 4.34. The highest BCUT2D eigenvalue weighted by molar-refractivity contribution is 7.89. The number of hydrogen-bond acceptors (Lipinski definition) is 4. The number of benzene rings is 1. The Morgan fingerprint density at radius 3 is 2.60 bits per heavy atom. The van der Waals surface area contributed by atoms with E-state index in [1.165, 1.54) is 12.1 Å². The van der Waals surface area contributed by atoms with Crippen molar-refractivity contribution in [2.75, 3.05) is 6.61 Å². The fourth-order valence-corrected chi connectivity index (χ4v) is 1.69. The van der Waals surface area contributed by atoms with Gasteiger partial charge in [-0.15, -0.1) is 0 Å². The SMILES string of the molecule is CC(O)COc1ccccc1S(N)(=O)=O. The normalized spacial score (nSPS) is 13.5. The van der Waals surface area contributed by atoms with E-state index in [1.807, 2.05) is 0 Å². The van der Waals surface area contributed by atoms with E-state index in [0.29, 0.717) is 0 Å². The van der Waals surface area contributed by atoms with Crippen LogP contribution in [0.15, 0.2) is 29.2 Å². The third-order valence-electron chi connectivity index (χ3n) is 1.64. The van der Waals surface area contributed by atoms with E-state index >= 15 is 0 Å². The van der Waals surface area contributed by atoms with Crippen molar-refractivity contribution in [3.8, 4) is 5.75 Å². The summed E-state index contributed by atoms with van der Waals surface area (Å²) in [7, 11) is -3.79. The van der Waals surface area contributed by atoms with E-state index < -0.39 is 16.1 Å². The van der Waals surface area contributed by atoms with Crippen molar-refractivity contribution in [1.29, 1.82) is 0 Å². The van der Waals surface area contributed by atoms with Crippen molar-refractivity contribution in [1.82, 2.24) is 0 Å². The molecule has 0 bridgehead atoms. The summed E-state index contributed by atoms with van der Waals surface area (Å²) in [5, 5.41) is 14.0. The van der Waals surface area contributed by atoms with E-state index in [1.54, 1.807) is 19.1 Å². The van der Waals surface area contributed by atoms with Crippen molar-refractivity contribution in [2.24, 2.45) is 5.14 Å². The highest BCUT2D eigenvalue weighted by Gasteiger charge is 2.14. The maximum Gasteiger partial charge on any atom is 0.241 e. The largest absolute Gasteiger partial charge is 0.489 e. The van der Waals surface area contributed by atoms with Gasteiger partial charge in [0.1, 0.15) is 17.3 Å². The summed E-state index contributed by atoms with van der Waals surface area (Å²) < 4.78 is 27.4. The summed E-state index contributed by atoms with van der Waals surface area (Å²) in [4.78, 5) is -0.0781. The van der Waals surface area contributed by atoms with Crippen LogP contribution in [0.1, 0.15) is 6.92 Å². The van der Waals surface area contributed by atoms with Crippen LogP contribution in [0.25, 0.3) is 0 Å². The Labute approximate surface area is 88.5 Å². The molecule has 84 valence electrons. The molecule has 5 nitrogen and oxygen atoms in total. The minimum Gasteiger partial charge on any atom is -0.489 e. The quantitative estimate of drug-likeness (QED) is 0.768. The maximum absolute atomic E-state index is 11.1. The fraction of sp³-hybridized carbons (Fsp3) is 0.333. The molecule has 0 fully saturated rings. The van der Waals surface area contributed by atoms with E-state index in [4.69, 9.17) is 15.0 Å². The smallest absolute Gasteiger partial charge is 0.241 e. The lowest BCUT2D eigenvalue weighted by Gasteiger charge is -2.10. The van der Waals surface area contributed by atoms with Gasteiger partial charge in [0.15, 0.2) is 0 Å². The molecule has 1 aromatic rings. The third kappa shape index (κ3) is 3.50. The number of aliphatic hydroxyl groups excluding tert-OH is 1. The number of hydrogen-bond donors (Lipinski definition) is 2. The molecule has 1 aromatic carbocycles. The minimum absolute atomic E-state index is 0.0204. The van der Waals surface area contributed by atoms with Gasteiger partial charge in [-0.1, -0.05) is 12.1 Å². The predicted octanol–water partition coefficient (Wildman–Crippen LogP) is 0.0936. The van der Waals surface area contributed by atoms with Crippen LogP contribution in [0.2, 0.25) is 0 Å². The Morgan fingerprint density at radius 2 is 2.07 bits per heavy atom. The second-order valence-electron chi connectivity index (χ2n) is 3.15. The first kappa shape index (κ1) is 12.0. The van der Waals surface area contributed by atoms with Crippen LogP contribution < -0.4 is 9.88 Å². The lowest BCUT2D eigenvalue weighted by atomic mass is 10.3. The summed E-state index contributed by atoms with van der Waals surface area (Å²) in [6, 6.07) is 6.02. The maximum atomic E-state index is 11.1. The lowest BCUT2D eigenvalue weighted by Crippen LogP contribution is -2.17. The van der Waals surface area contributed by atoms with Gasteiger partial charge in [0.05, 0.1) is 6.10 Å². The molecule has 0 amide bonds. The van der Waals surface area contributed by atoms with Gasteiger partial charge in [-0.25, -0.2) is 13.6 Å². The Hall–Kier alpha value is -1.11. The lowest BCUT2D eigenvalue weighted by molar-refractivity contribution is 0.121. The molecule has 0 aliphatic heterocycles. The molecule has 1 atom stereocenters. The van der Waals surface area contributed by atoms with Crippen molar-refractivity contribution >= 4 is 10.0 Å². The number of rotatable bonds is 4. The average Bonchev–Trinajstić information content (AvgIpc) is 2.13. The topological polar surface area (TPSA) is 89.6 Å². The number of para-hydroxylation sites is 1. The number of nitrogens with two attached hydrogens (primary N) is 1. The zero-order valence-corrected chi connectivity index (χ0v) is 9.07. The molecule has 0 aromatic heterocycles. The molecule has 0 radical (unpaired) electrons. The second kappa shape index (κ2) is 4.61. The molecule has 3 N–H and O–H groups in total.